The Morgan fingerprint density at radius 2 is 1.87 bits per heavy atom. The van der Waals surface area contributed by atoms with Crippen LogP contribution in [-0.4, -0.2) is 12.5 Å². The van der Waals surface area contributed by atoms with E-state index in [9.17, 15) is 4.79 Å². The molecule has 3 nitrogen and oxygen atoms in total. The average Bonchev–Trinajstić information content (AvgIpc) is 2.52. The smallest absolute Gasteiger partial charge is 0.230 e. The first kappa shape index (κ1) is 14.8. The first-order chi connectivity index (χ1) is 11.2. The van der Waals surface area contributed by atoms with Crippen LogP contribution in [0, 0.1) is 23.2 Å². The number of hydrogen-bond donors (Lipinski definition) is 1. The minimum absolute atomic E-state index is 0.104. The number of carbonyl (C=O) groups is 1. The molecule has 1 aromatic carbocycles. The maximum atomic E-state index is 13.0. The molecule has 0 radical (unpaired) electrons. The summed E-state index contributed by atoms with van der Waals surface area (Å²) in [7, 11) is 0. The van der Waals surface area contributed by atoms with E-state index in [2.05, 4.69) is 11.9 Å². The highest BCUT2D eigenvalue weighted by atomic mass is 16.5. The molecule has 122 valence electrons. The Morgan fingerprint density at radius 1 is 1.22 bits per heavy atom. The zero-order valence-electron chi connectivity index (χ0n) is 13.6. The molecule has 5 rings (SSSR count). The standard InChI is InChI=1S/C20H25NO2/c1-2-6-23-18-5-3-4-17(10-18)21-19(22)20-11-14-7-15(12-20)9-16(8-14)13-20/h2-5,10,14-16H,1,6-9,11-13H2,(H,21,22). The summed E-state index contributed by atoms with van der Waals surface area (Å²) in [6.07, 6.45) is 9.08. The van der Waals surface area contributed by atoms with Gasteiger partial charge in [-0.25, -0.2) is 0 Å². The van der Waals surface area contributed by atoms with Crippen LogP contribution in [0.4, 0.5) is 5.69 Å². The predicted molar refractivity (Wildman–Crippen MR) is 91.4 cm³/mol. The molecule has 4 fully saturated rings. The van der Waals surface area contributed by atoms with Gasteiger partial charge in [-0.1, -0.05) is 18.7 Å². The fourth-order valence-corrected chi connectivity index (χ4v) is 5.47. The lowest BCUT2D eigenvalue weighted by atomic mass is 9.49. The van der Waals surface area contributed by atoms with Crippen LogP contribution in [0.2, 0.25) is 0 Å². The summed E-state index contributed by atoms with van der Waals surface area (Å²) in [6, 6.07) is 7.68. The second-order valence-electron chi connectivity index (χ2n) is 7.78. The maximum absolute atomic E-state index is 13.0. The number of amides is 1. The van der Waals surface area contributed by atoms with E-state index in [0.29, 0.717) is 6.61 Å². The monoisotopic (exact) mass is 311 g/mol. The van der Waals surface area contributed by atoms with Gasteiger partial charge in [0, 0.05) is 11.8 Å². The van der Waals surface area contributed by atoms with Gasteiger partial charge in [-0.15, -0.1) is 0 Å². The molecular formula is C20H25NO2. The van der Waals surface area contributed by atoms with Gasteiger partial charge in [-0.3, -0.25) is 4.79 Å². The molecule has 1 amide bonds. The average molecular weight is 311 g/mol. The van der Waals surface area contributed by atoms with Crippen molar-refractivity contribution in [3.05, 3.63) is 36.9 Å². The second kappa shape index (κ2) is 5.70. The summed E-state index contributed by atoms with van der Waals surface area (Å²) in [5.41, 5.74) is 0.736. The second-order valence-corrected chi connectivity index (χ2v) is 7.78. The number of ether oxygens (including phenoxy) is 1. The highest BCUT2D eigenvalue weighted by Gasteiger charge is 2.54. The molecule has 0 aliphatic heterocycles. The third kappa shape index (κ3) is 2.77. The van der Waals surface area contributed by atoms with Crippen LogP contribution in [0.25, 0.3) is 0 Å². The van der Waals surface area contributed by atoms with Crippen LogP contribution in [0.3, 0.4) is 0 Å². The number of carbonyl (C=O) groups excluding carboxylic acids is 1. The quantitative estimate of drug-likeness (QED) is 0.818. The Hall–Kier alpha value is -1.77. The molecule has 0 heterocycles. The van der Waals surface area contributed by atoms with E-state index < -0.39 is 0 Å². The van der Waals surface area contributed by atoms with Gasteiger partial charge in [0.15, 0.2) is 0 Å². The fourth-order valence-electron chi connectivity index (χ4n) is 5.47. The lowest BCUT2D eigenvalue weighted by molar-refractivity contribution is -0.140. The Balaban J connectivity index is 1.48. The van der Waals surface area contributed by atoms with E-state index in [1.165, 1.54) is 19.3 Å². The molecule has 4 bridgehead atoms. The van der Waals surface area contributed by atoms with Crippen molar-refractivity contribution in [2.24, 2.45) is 23.2 Å². The maximum Gasteiger partial charge on any atom is 0.230 e. The molecule has 0 saturated heterocycles. The van der Waals surface area contributed by atoms with Gasteiger partial charge in [0.25, 0.3) is 0 Å². The van der Waals surface area contributed by atoms with Crippen LogP contribution >= 0.6 is 0 Å². The first-order valence-corrected chi connectivity index (χ1v) is 8.82. The largest absolute Gasteiger partial charge is 0.489 e. The summed E-state index contributed by atoms with van der Waals surface area (Å²) in [4.78, 5) is 13.0. The van der Waals surface area contributed by atoms with Gasteiger partial charge >= 0.3 is 0 Å². The topological polar surface area (TPSA) is 38.3 Å². The van der Waals surface area contributed by atoms with E-state index in [0.717, 1.165) is 48.5 Å². The van der Waals surface area contributed by atoms with E-state index in [-0.39, 0.29) is 11.3 Å². The molecule has 0 atom stereocenters. The minimum atomic E-state index is -0.104. The molecule has 0 unspecified atom stereocenters. The third-order valence-corrected chi connectivity index (χ3v) is 5.98. The molecule has 4 saturated carbocycles. The summed E-state index contributed by atoms with van der Waals surface area (Å²) in [5.74, 6) is 3.36. The van der Waals surface area contributed by atoms with Crippen LogP contribution < -0.4 is 10.1 Å². The van der Waals surface area contributed by atoms with Crippen molar-refractivity contribution in [2.75, 3.05) is 11.9 Å². The number of benzene rings is 1. The molecule has 4 aliphatic rings. The number of hydrogen-bond acceptors (Lipinski definition) is 2. The summed E-state index contributed by atoms with van der Waals surface area (Å²) >= 11 is 0. The zero-order valence-corrected chi connectivity index (χ0v) is 13.6. The Morgan fingerprint density at radius 3 is 2.48 bits per heavy atom. The Labute approximate surface area is 138 Å². The molecule has 4 aliphatic carbocycles. The highest BCUT2D eigenvalue weighted by molar-refractivity contribution is 5.95. The Bertz CT molecular complexity index is 587. The molecule has 1 aromatic rings. The SMILES string of the molecule is C=CCOc1cccc(NC(=O)C23CC4CC(CC(C4)C2)C3)c1. The normalized spacial score (nSPS) is 34.2. The third-order valence-electron chi connectivity index (χ3n) is 5.98. The number of nitrogens with one attached hydrogen (secondary N) is 1. The van der Waals surface area contributed by atoms with E-state index in [4.69, 9.17) is 4.74 Å². The van der Waals surface area contributed by atoms with Crippen molar-refractivity contribution in [1.29, 1.82) is 0 Å². The van der Waals surface area contributed by atoms with Crippen LogP contribution in [0.5, 0.6) is 5.75 Å². The van der Waals surface area contributed by atoms with Gasteiger partial charge in [0.05, 0.1) is 5.41 Å². The van der Waals surface area contributed by atoms with E-state index in [1.807, 2.05) is 24.3 Å². The van der Waals surface area contributed by atoms with Crippen LogP contribution in [-0.2, 0) is 4.79 Å². The van der Waals surface area contributed by atoms with Crippen molar-refractivity contribution in [1.82, 2.24) is 0 Å². The van der Waals surface area contributed by atoms with Gasteiger partial charge in [-0.2, -0.15) is 0 Å². The summed E-state index contributed by atoms with van der Waals surface area (Å²) in [5, 5.41) is 3.17. The lowest BCUT2D eigenvalue weighted by Crippen LogP contribution is -2.51. The first-order valence-electron chi connectivity index (χ1n) is 8.82. The van der Waals surface area contributed by atoms with Gasteiger partial charge in [0.1, 0.15) is 12.4 Å². The summed E-state index contributed by atoms with van der Waals surface area (Å²) < 4.78 is 5.56. The molecule has 3 heteroatoms. The van der Waals surface area contributed by atoms with Crippen molar-refractivity contribution >= 4 is 11.6 Å². The highest BCUT2D eigenvalue weighted by Crippen LogP contribution is 2.60. The van der Waals surface area contributed by atoms with Gasteiger partial charge in [0.2, 0.25) is 5.91 Å². The van der Waals surface area contributed by atoms with Crippen molar-refractivity contribution in [3.63, 3.8) is 0 Å². The molecular weight excluding hydrogens is 286 g/mol. The van der Waals surface area contributed by atoms with Crippen LogP contribution in [0.1, 0.15) is 38.5 Å². The predicted octanol–water partition coefficient (Wildman–Crippen LogP) is 4.41. The van der Waals surface area contributed by atoms with E-state index >= 15 is 0 Å². The van der Waals surface area contributed by atoms with Gasteiger partial charge in [-0.05, 0) is 68.4 Å². The number of rotatable bonds is 5. The van der Waals surface area contributed by atoms with E-state index in [1.54, 1.807) is 6.08 Å². The molecule has 1 N–H and O–H groups in total. The lowest BCUT2D eigenvalue weighted by Gasteiger charge is -2.55. The zero-order chi connectivity index (χ0) is 15.9. The fraction of sp³-hybridized carbons (Fsp3) is 0.550. The molecule has 23 heavy (non-hydrogen) atoms. The van der Waals surface area contributed by atoms with Gasteiger partial charge < -0.3 is 10.1 Å². The van der Waals surface area contributed by atoms with Crippen molar-refractivity contribution in [3.8, 4) is 5.75 Å². The van der Waals surface area contributed by atoms with Crippen LogP contribution in [0.15, 0.2) is 36.9 Å². The molecule has 0 spiro atoms. The summed E-state index contributed by atoms with van der Waals surface area (Å²) in [6.45, 7) is 4.14. The number of anilines is 1. The van der Waals surface area contributed by atoms with Crippen molar-refractivity contribution in [2.45, 2.75) is 38.5 Å². The Kier molecular flexibility index (Phi) is 3.67. The van der Waals surface area contributed by atoms with Crippen molar-refractivity contribution < 1.29 is 9.53 Å². The minimum Gasteiger partial charge on any atom is -0.489 e. The molecule has 0 aromatic heterocycles.